The van der Waals surface area contributed by atoms with Gasteiger partial charge in [-0.05, 0) is 38.0 Å². The molecule has 0 radical (unpaired) electrons. The van der Waals surface area contributed by atoms with E-state index in [1.165, 1.54) is 0 Å². The van der Waals surface area contributed by atoms with Crippen molar-refractivity contribution in [3.63, 3.8) is 0 Å². The van der Waals surface area contributed by atoms with Gasteiger partial charge in [0.1, 0.15) is 0 Å². The maximum atomic E-state index is 11.9. The van der Waals surface area contributed by atoms with Gasteiger partial charge in [0, 0.05) is 5.69 Å². The number of benzene rings is 1. The van der Waals surface area contributed by atoms with Crippen molar-refractivity contribution in [2.24, 2.45) is 0 Å². The van der Waals surface area contributed by atoms with E-state index in [-0.39, 0.29) is 11.5 Å². The van der Waals surface area contributed by atoms with Gasteiger partial charge in [0.2, 0.25) is 0 Å². The van der Waals surface area contributed by atoms with Crippen molar-refractivity contribution in [2.45, 2.75) is 31.9 Å². The molecule has 0 spiro atoms. The smallest absolute Gasteiger partial charge is 0.319 e. The minimum atomic E-state index is -3.06. The summed E-state index contributed by atoms with van der Waals surface area (Å²) < 4.78 is 23.0. The number of amides is 2. The predicted octanol–water partition coefficient (Wildman–Crippen LogP) is 1.44. The molecule has 1 saturated heterocycles. The summed E-state index contributed by atoms with van der Waals surface area (Å²) in [5.74, 6) is 0.0707. The van der Waals surface area contributed by atoms with Gasteiger partial charge in [-0.3, -0.25) is 0 Å². The average molecular weight is 312 g/mol. The monoisotopic (exact) mass is 312 g/mol. The molecule has 7 heteroatoms. The second-order valence-electron chi connectivity index (χ2n) is 5.78. The van der Waals surface area contributed by atoms with Crippen molar-refractivity contribution < 1.29 is 18.3 Å². The lowest BCUT2D eigenvalue weighted by Crippen LogP contribution is -2.48. The van der Waals surface area contributed by atoms with E-state index in [0.29, 0.717) is 12.1 Å². The Morgan fingerprint density at radius 3 is 2.43 bits per heavy atom. The fraction of sp³-hybridized carbons (Fsp3) is 0.500. The molecule has 1 aromatic rings. The summed E-state index contributed by atoms with van der Waals surface area (Å²) in [4.78, 5) is 11.9. The molecule has 1 fully saturated rings. The Hall–Kier alpha value is -1.60. The number of urea groups is 1. The number of sulfone groups is 1. The highest BCUT2D eigenvalue weighted by Gasteiger charge is 2.39. The van der Waals surface area contributed by atoms with Crippen LogP contribution in [0.3, 0.4) is 0 Å². The van der Waals surface area contributed by atoms with E-state index in [4.69, 9.17) is 0 Å². The minimum absolute atomic E-state index is 0.0333. The van der Waals surface area contributed by atoms with Crippen molar-refractivity contribution in [1.82, 2.24) is 5.32 Å². The molecule has 2 atom stereocenters. The Labute approximate surface area is 124 Å². The molecule has 1 aromatic carbocycles. The lowest BCUT2D eigenvalue weighted by molar-refractivity contribution is 0.199. The van der Waals surface area contributed by atoms with E-state index in [1.54, 1.807) is 38.1 Å². The van der Waals surface area contributed by atoms with Crippen LogP contribution in [0.5, 0.6) is 0 Å². The quantitative estimate of drug-likeness (QED) is 0.787. The minimum Gasteiger partial charge on any atom is -0.389 e. The SMILES string of the molecule is CC(O)c1ccc(NC(=O)NC2(C)CCS(=O)(=O)C2)cc1. The Morgan fingerprint density at radius 1 is 1.33 bits per heavy atom. The number of aliphatic hydroxyl groups excluding tert-OH is 1. The normalized spacial score (nSPS) is 25.3. The maximum absolute atomic E-state index is 11.9. The summed E-state index contributed by atoms with van der Waals surface area (Å²) in [6.45, 7) is 3.39. The lowest BCUT2D eigenvalue weighted by Gasteiger charge is -2.24. The Balaban J connectivity index is 1.96. The van der Waals surface area contributed by atoms with Crippen molar-refractivity contribution in [1.29, 1.82) is 0 Å². The van der Waals surface area contributed by atoms with Crippen LogP contribution < -0.4 is 10.6 Å². The van der Waals surface area contributed by atoms with Crippen LogP contribution in [0.2, 0.25) is 0 Å². The first kappa shape index (κ1) is 15.8. The number of carbonyl (C=O) groups excluding carboxylic acids is 1. The summed E-state index contributed by atoms with van der Waals surface area (Å²) in [6, 6.07) is 6.40. The molecule has 0 bridgehead atoms. The third-order valence-electron chi connectivity index (χ3n) is 3.57. The van der Waals surface area contributed by atoms with Crippen LogP contribution in [0.4, 0.5) is 10.5 Å². The van der Waals surface area contributed by atoms with Crippen LogP contribution in [0.25, 0.3) is 0 Å². The van der Waals surface area contributed by atoms with E-state index in [0.717, 1.165) is 5.56 Å². The largest absolute Gasteiger partial charge is 0.389 e. The lowest BCUT2D eigenvalue weighted by atomic mass is 10.0. The number of hydrogen-bond acceptors (Lipinski definition) is 4. The van der Waals surface area contributed by atoms with E-state index in [1.807, 2.05) is 0 Å². The zero-order chi connectivity index (χ0) is 15.7. The van der Waals surface area contributed by atoms with Crippen LogP contribution in [0.1, 0.15) is 31.9 Å². The zero-order valence-electron chi connectivity index (χ0n) is 12.1. The first-order valence-corrected chi connectivity index (χ1v) is 8.59. The number of anilines is 1. The molecule has 0 saturated carbocycles. The van der Waals surface area contributed by atoms with Gasteiger partial charge in [0.25, 0.3) is 0 Å². The second-order valence-corrected chi connectivity index (χ2v) is 7.96. The van der Waals surface area contributed by atoms with Gasteiger partial charge in [-0.2, -0.15) is 0 Å². The maximum Gasteiger partial charge on any atom is 0.319 e. The predicted molar refractivity (Wildman–Crippen MR) is 80.9 cm³/mol. The first-order valence-electron chi connectivity index (χ1n) is 6.77. The van der Waals surface area contributed by atoms with Crippen molar-refractivity contribution >= 4 is 21.6 Å². The van der Waals surface area contributed by atoms with Gasteiger partial charge in [-0.1, -0.05) is 12.1 Å². The third-order valence-corrected chi connectivity index (χ3v) is 5.47. The number of rotatable bonds is 3. The number of nitrogens with one attached hydrogen (secondary N) is 2. The Morgan fingerprint density at radius 2 is 1.95 bits per heavy atom. The molecule has 1 heterocycles. The van der Waals surface area contributed by atoms with Gasteiger partial charge in [-0.15, -0.1) is 0 Å². The molecule has 0 aliphatic carbocycles. The Bertz CT molecular complexity index is 625. The summed E-state index contributed by atoms with van der Waals surface area (Å²) in [5.41, 5.74) is 0.624. The van der Waals surface area contributed by atoms with Gasteiger partial charge < -0.3 is 15.7 Å². The molecule has 2 amide bonds. The molecule has 21 heavy (non-hydrogen) atoms. The molecule has 116 valence electrons. The summed E-state index contributed by atoms with van der Waals surface area (Å²) >= 11 is 0. The van der Waals surface area contributed by atoms with Crippen LogP contribution >= 0.6 is 0 Å². The highest BCUT2D eigenvalue weighted by molar-refractivity contribution is 7.91. The topological polar surface area (TPSA) is 95.5 Å². The van der Waals surface area contributed by atoms with Crippen molar-refractivity contribution in [3.8, 4) is 0 Å². The highest BCUT2D eigenvalue weighted by atomic mass is 32.2. The number of aliphatic hydroxyl groups is 1. The van der Waals surface area contributed by atoms with Gasteiger partial charge in [0.05, 0.1) is 23.1 Å². The molecule has 2 rings (SSSR count). The molecule has 1 aliphatic rings. The van der Waals surface area contributed by atoms with E-state index >= 15 is 0 Å². The van der Waals surface area contributed by atoms with Gasteiger partial charge >= 0.3 is 6.03 Å². The summed E-state index contributed by atoms with van der Waals surface area (Å²) in [5, 5.41) is 14.8. The molecular formula is C14H20N2O4S. The standard InChI is InChI=1S/C14H20N2O4S/c1-10(17)11-3-5-12(6-4-11)15-13(18)16-14(2)7-8-21(19,20)9-14/h3-6,10,17H,7-9H2,1-2H3,(H2,15,16,18). The van der Waals surface area contributed by atoms with Gasteiger partial charge in [0.15, 0.2) is 9.84 Å². The van der Waals surface area contributed by atoms with E-state index < -0.39 is 27.5 Å². The second kappa shape index (κ2) is 5.65. The molecule has 2 unspecified atom stereocenters. The molecule has 0 aromatic heterocycles. The van der Waals surface area contributed by atoms with E-state index in [2.05, 4.69) is 10.6 Å². The van der Waals surface area contributed by atoms with Crippen molar-refractivity contribution in [2.75, 3.05) is 16.8 Å². The summed E-state index contributed by atoms with van der Waals surface area (Å²) in [6.07, 6.45) is -0.139. The third kappa shape index (κ3) is 4.18. The highest BCUT2D eigenvalue weighted by Crippen LogP contribution is 2.23. The van der Waals surface area contributed by atoms with Crippen LogP contribution in [0, 0.1) is 0 Å². The van der Waals surface area contributed by atoms with E-state index in [9.17, 15) is 18.3 Å². The molecular weight excluding hydrogens is 292 g/mol. The number of carbonyl (C=O) groups is 1. The molecule has 1 aliphatic heterocycles. The molecule has 6 nitrogen and oxygen atoms in total. The van der Waals surface area contributed by atoms with Gasteiger partial charge in [-0.25, -0.2) is 13.2 Å². The van der Waals surface area contributed by atoms with Crippen LogP contribution in [0.15, 0.2) is 24.3 Å². The first-order chi connectivity index (χ1) is 9.69. The fourth-order valence-corrected chi connectivity index (χ4v) is 4.48. The fourth-order valence-electron chi connectivity index (χ4n) is 2.39. The zero-order valence-corrected chi connectivity index (χ0v) is 12.9. The van der Waals surface area contributed by atoms with Crippen molar-refractivity contribution in [3.05, 3.63) is 29.8 Å². The Kier molecular flexibility index (Phi) is 4.25. The summed E-state index contributed by atoms with van der Waals surface area (Å²) in [7, 11) is -3.06. The van der Waals surface area contributed by atoms with Crippen LogP contribution in [-0.4, -0.2) is 36.6 Å². The number of hydrogen-bond donors (Lipinski definition) is 3. The molecule has 3 N–H and O–H groups in total. The average Bonchev–Trinajstić information content (AvgIpc) is 2.63. The van der Waals surface area contributed by atoms with Crippen LogP contribution in [-0.2, 0) is 9.84 Å².